The van der Waals surface area contributed by atoms with Crippen LogP contribution in [-0.4, -0.2) is 0 Å². The van der Waals surface area contributed by atoms with Gasteiger partial charge in [-0.05, 0) is 127 Å². The number of rotatable bonds is 5. The molecule has 2 nitrogen and oxygen atoms in total. The van der Waals surface area contributed by atoms with E-state index in [1.54, 1.807) is 0 Å². The Morgan fingerprint density at radius 3 is 1.85 bits per heavy atom. The van der Waals surface area contributed by atoms with Crippen molar-refractivity contribution < 1.29 is 4.42 Å². The van der Waals surface area contributed by atoms with Gasteiger partial charge in [-0.3, -0.25) is 0 Å². The molecule has 9 aromatic carbocycles. The molecule has 1 aromatic heterocycles. The van der Waals surface area contributed by atoms with Crippen molar-refractivity contribution in [3.8, 4) is 33.4 Å². The Kier molecular flexibility index (Phi) is 6.93. The van der Waals surface area contributed by atoms with Crippen molar-refractivity contribution in [2.24, 2.45) is 0 Å². The van der Waals surface area contributed by atoms with Gasteiger partial charge in [0.2, 0.25) is 0 Å². The van der Waals surface area contributed by atoms with E-state index >= 15 is 0 Å². The van der Waals surface area contributed by atoms with Crippen molar-refractivity contribution in [1.29, 1.82) is 0 Å². The highest BCUT2D eigenvalue weighted by Gasteiger charge is 2.36. The number of hydrogen-bond donors (Lipinski definition) is 0. The van der Waals surface area contributed by atoms with E-state index in [0.717, 1.165) is 39.0 Å². The molecule has 1 aliphatic carbocycles. The number of nitrogens with zero attached hydrogens (tertiary/aromatic N) is 1. The molecule has 260 valence electrons. The fourth-order valence-electron chi connectivity index (χ4n) is 9.00. The van der Waals surface area contributed by atoms with E-state index in [4.69, 9.17) is 4.42 Å². The first-order valence-corrected chi connectivity index (χ1v) is 19.1. The number of para-hydroxylation sites is 1. The molecule has 0 saturated carbocycles. The summed E-state index contributed by atoms with van der Waals surface area (Å²) in [7, 11) is 0. The minimum atomic E-state index is -0.123. The van der Waals surface area contributed by atoms with Crippen molar-refractivity contribution in [1.82, 2.24) is 0 Å². The molecule has 0 atom stereocenters. The maximum Gasteiger partial charge on any atom is 0.137 e. The van der Waals surface area contributed by atoms with Gasteiger partial charge in [0.15, 0.2) is 0 Å². The fraction of sp³-hybridized carbons (Fsp3) is 0.0566. The second kappa shape index (κ2) is 12.1. The van der Waals surface area contributed by atoms with Crippen LogP contribution in [0.3, 0.4) is 0 Å². The fourth-order valence-corrected chi connectivity index (χ4v) is 9.00. The number of furan rings is 1. The Balaban J connectivity index is 1.07. The number of hydrogen-bond acceptors (Lipinski definition) is 2. The van der Waals surface area contributed by atoms with Crippen LogP contribution in [0.15, 0.2) is 192 Å². The van der Waals surface area contributed by atoms with E-state index in [-0.39, 0.29) is 5.41 Å². The molecule has 0 fully saturated rings. The van der Waals surface area contributed by atoms with Gasteiger partial charge in [0.1, 0.15) is 11.2 Å². The number of fused-ring (bicyclic) bond motifs is 8. The summed E-state index contributed by atoms with van der Waals surface area (Å²) in [6, 6.07) is 68.6. The molecule has 10 aromatic rings. The smallest absolute Gasteiger partial charge is 0.137 e. The predicted octanol–water partition coefficient (Wildman–Crippen LogP) is 15.0. The zero-order chi connectivity index (χ0) is 36.7. The van der Waals surface area contributed by atoms with Gasteiger partial charge in [-0.25, -0.2) is 0 Å². The Bertz CT molecular complexity index is 3150. The average molecular weight is 704 g/mol. The molecule has 0 radical (unpaired) electrons. The van der Waals surface area contributed by atoms with E-state index in [1.807, 2.05) is 6.07 Å². The predicted molar refractivity (Wildman–Crippen MR) is 232 cm³/mol. The van der Waals surface area contributed by atoms with Crippen molar-refractivity contribution in [2.75, 3.05) is 4.90 Å². The summed E-state index contributed by atoms with van der Waals surface area (Å²) in [5.74, 6) is 0. The molecular weight excluding hydrogens is 667 g/mol. The van der Waals surface area contributed by atoms with Crippen LogP contribution in [0.5, 0.6) is 0 Å². The lowest BCUT2D eigenvalue weighted by atomic mass is 9.82. The molecule has 11 rings (SSSR count). The van der Waals surface area contributed by atoms with Gasteiger partial charge in [-0.1, -0.05) is 141 Å². The third kappa shape index (κ3) is 5.02. The lowest BCUT2D eigenvalue weighted by Crippen LogP contribution is -2.16. The first kappa shape index (κ1) is 31.6. The minimum absolute atomic E-state index is 0.123. The summed E-state index contributed by atoms with van der Waals surface area (Å²) in [5, 5.41) is 7.13. The summed E-state index contributed by atoms with van der Waals surface area (Å²) in [6.07, 6.45) is 0. The molecule has 0 bridgehead atoms. The normalized spacial score (nSPS) is 13.1. The second-order valence-electron chi connectivity index (χ2n) is 15.4. The van der Waals surface area contributed by atoms with Crippen LogP contribution >= 0.6 is 0 Å². The third-order valence-electron chi connectivity index (χ3n) is 11.8. The lowest BCUT2D eigenvalue weighted by Gasteiger charge is -2.29. The van der Waals surface area contributed by atoms with Crippen molar-refractivity contribution in [3.63, 3.8) is 0 Å². The van der Waals surface area contributed by atoms with E-state index in [0.29, 0.717) is 0 Å². The number of benzene rings is 9. The Morgan fingerprint density at radius 2 is 1.00 bits per heavy atom. The Labute approximate surface area is 320 Å². The van der Waals surface area contributed by atoms with Crippen LogP contribution in [0.1, 0.15) is 25.0 Å². The van der Waals surface area contributed by atoms with Crippen molar-refractivity contribution >= 4 is 60.5 Å². The van der Waals surface area contributed by atoms with Crippen LogP contribution in [0.4, 0.5) is 17.1 Å². The summed E-state index contributed by atoms with van der Waals surface area (Å²) in [6.45, 7) is 4.70. The largest absolute Gasteiger partial charge is 0.456 e. The molecule has 0 spiro atoms. The molecule has 0 aliphatic heterocycles. The van der Waals surface area contributed by atoms with Crippen molar-refractivity contribution in [3.05, 3.63) is 199 Å². The van der Waals surface area contributed by atoms with Gasteiger partial charge in [0.05, 0.1) is 11.1 Å². The lowest BCUT2D eigenvalue weighted by molar-refractivity contribution is 0.660. The molecular formula is C53H37NO. The summed E-state index contributed by atoms with van der Waals surface area (Å²) < 4.78 is 6.44. The van der Waals surface area contributed by atoms with E-state index < -0.39 is 0 Å². The maximum absolute atomic E-state index is 6.44. The Morgan fingerprint density at radius 1 is 0.400 bits per heavy atom. The highest BCUT2D eigenvalue weighted by Crippen LogP contribution is 2.51. The van der Waals surface area contributed by atoms with E-state index in [9.17, 15) is 0 Å². The topological polar surface area (TPSA) is 16.4 Å². The van der Waals surface area contributed by atoms with E-state index in [2.05, 4.69) is 201 Å². The second-order valence-corrected chi connectivity index (χ2v) is 15.4. The molecule has 55 heavy (non-hydrogen) atoms. The molecule has 0 unspecified atom stereocenters. The van der Waals surface area contributed by atoms with Crippen LogP contribution in [0.25, 0.3) is 76.9 Å². The van der Waals surface area contributed by atoms with Gasteiger partial charge >= 0.3 is 0 Å². The number of anilines is 3. The molecule has 1 aliphatic rings. The SMILES string of the molecule is CC1(C)c2ccccc2-c2ccc(N(c3ccc4ccc(-c5cccc(-c6ccc7ccccc7c6)c5)cc4c3)c3cccc4oc5ccccc5c34)cc21. The zero-order valence-electron chi connectivity index (χ0n) is 30.8. The monoisotopic (exact) mass is 703 g/mol. The molecule has 0 saturated heterocycles. The summed E-state index contributed by atoms with van der Waals surface area (Å²) >= 11 is 0. The standard InChI is InChI=1S/C53H37NO/c1-53(2)47-17-7-5-15-44(47)45-28-27-43(33-48(45)53)54(49-18-10-20-51-52(49)46-16-6-8-19-50(46)55-51)42-26-25-35-22-24-40(31-41(35)32-42)38-14-9-13-37(30-38)39-23-21-34-11-3-4-12-36(34)29-39/h3-33H,1-2H3. The zero-order valence-corrected chi connectivity index (χ0v) is 30.8. The first-order chi connectivity index (χ1) is 27.0. The van der Waals surface area contributed by atoms with Crippen LogP contribution in [0.2, 0.25) is 0 Å². The molecule has 2 heteroatoms. The van der Waals surface area contributed by atoms with Gasteiger partial charge in [0, 0.05) is 22.2 Å². The van der Waals surface area contributed by atoms with E-state index in [1.165, 1.54) is 66.1 Å². The Hall–Kier alpha value is -6.90. The van der Waals surface area contributed by atoms with Gasteiger partial charge in [0.25, 0.3) is 0 Å². The third-order valence-corrected chi connectivity index (χ3v) is 11.8. The average Bonchev–Trinajstić information content (AvgIpc) is 3.73. The van der Waals surface area contributed by atoms with Crippen LogP contribution < -0.4 is 4.90 Å². The van der Waals surface area contributed by atoms with Gasteiger partial charge in [-0.2, -0.15) is 0 Å². The van der Waals surface area contributed by atoms with Gasteiger partial charge in [-0.15, -0.1) is 0 Å². The molecule has 1 heterocycles. The maximum atomic E-state index is 6.44. The minimum Gasteiger partial charge on any atom is -0.456 e. The first-order valence-electron chi connectivity index (χ1n) is 19.1. The molecule has 0 N–H and O–H groups in total. The summed E-state index contributed by atoms with van der Waals surface area (Å²) in [5.41, 5.74) is 15.1. The van der Waals surface area contributed by atoms with Crippen LogP contribution in [-0.2, 0) is 5.41 Å². The van der Waals surface area contributed by atoms with Crippen LogP contribution in [0, 0.1) is 0 Å². The van der Waals surface area contributed by atoms with Crippen molar-refractivity contribution in [2.45, 2.75) is 19.3 Å². The van der Waals surface area contributed by atoms with Gasteiger partial charge < -0.3 is 9.32 Å². The highest BCUT2D eigenvalue weighted by atomic mass is 16.3. The molecule has 0 amide bonds. The quantitative estimate of drug-likeness (QED) is 0.177. The highest BCUT2D eigenvalue weighted by molar-refractivity contribution is 6.13. The summed E-state index contributed by atoms with van der Waals surface area (Å²) in [4.78, 5) is 2.43.